The molecule has 0 saturated carbocycles. The van der Waals surface area contributed by atoms with Crippen molar-refractivity contribution in [1.82, 2.24) is 4.90 Å². The van der Waals surface area contributed by atoms with Crippen LogP contribution in [0.2, 0.25) is 0 Å². The molecule has 2 aromatic carbocycles. The molecule has 0 unspecified atom stereocenters. The van der Waals surface area contributed by atoms with E-state index in [0.29, 0.717) is 49.4 Å². The van der Waals surface area contributed by atoms with Gasteiger partial charge in [-0.15, -0.1) is 0 Å². The van der Waals surface area contributed by atoms with Gasteiger partial charge in [-0.3, -0.25) is 14.3 Å². The largest absolute Gasteiger partial charge is 0.466 e. The third kappa shape index (κ3) is 5.44. The fraction of sp³-hybridized carbons (Fsp3) is 0.391. The SMILES string of the molecule is CCOC(=O)C1CCN(C(=O)c2ccc(C)c(S(=O)(=O)Nc3cccc(C)c3)c2)CC1. The number of esters is 1. The highest BCUT2D eigenvalue weighted by atomic mass is 32.2. The molecule has 1 N–H and O–H groups in total. The molecule has 0 radical (unpaired) electrons. The molecule has 166 valence electrons. The van der Waals surface area contributed by atoms with Gasteiger partial charge >= 0.3 is 5.97 Å². The molecule has 0 aliphatic carbocycles. The number of carbonyl (C=O) groups is 2. The first-order valence-electron chi connectivity index (χ1n) is 10.4. The van der Waals surface area contributed by atoms with Crippen LogP contribution in [0.15, 0.2) is 47.4 Å². The molecule has 3 rings (SSSR count). The standard InChI is InChI=1S/C23H28N2O5S/c1-4-30-23(27)18-10-12-25(13-11-18)22(26)19-9-8-17(3)21(15-19)31(28,29)24-20-7-5-6-16(2)14-20/h5-9,14-15,18,24H,4,10-13H2,1-3H3. The van der Waals surface area contributed by atoms with Gasteiger partial charge in [0.25, 0.3) is 15.9 Å². The van der Waals surface area contributed by atoms with Crippen molar-refractivity contribution >= 4 is 27.6 Å². The first-order valence-corrected chi connectivity index (χ1v) is 11.9. The number of rotatable bonds is 6. The molecule has 1 amide bonds. The second-order valence-electron chi connectivity index (χ2n) is 7.77. The van der Waals surface area contributed by atoms with E-state index < -0.39 is 10.0 Å². The molecule has 31 heavy (non-hydrogen) atoms. The van der Waals surface area contributed by atoms with Crippen LogP contribution in [0.25, 0.3) is 0 Å². The zero-order valence-electron chi connectivity index (χ0n) is 18.1. The highest BCUT2D eigenvalue weighted by Crippen LogP contribution is 2.24. The summed E-state index contributed by atoms with van der Waals surface area (Å²) in [5, 5.41) is 0. The van der Waals surface area contributed by atoms with E-state index in [9.17, 15) is 18.0 Å². The summed E-state index contributed by atoms with van der Waals surface area (Å²) in [6.07, 6.45) is 1.08. The van der Waals surface area contributed by atoms with E-state index in [1.54, 1.807) is 49.1 Å². The van der Waals surface area contributed by atoms with Crippen molar-refractivity contribution in [3.8, 4) is 0 Å². The number of likely N-dealkylation sites (tertiary alicyclic amines) is 1. The normalized spacial score (nSPS) is 14.9. The summed E-state index contributed by atoms with van der Waals surface area (Å²) in [6, 6.07) is 11.8. The minimum absolute atomic E-state index is 0.0706. The summed E-state index contributed by atoms with van der Waals surface area (Å²) >= 11 is 0. The Labute approximate surface area is 183 Å². The summed E-state index contributed by atoms with van der Waals surface area (Å²) in [7, 11) is -3.86. The van der Waals surface area contributed by atoms with Crippen LogP contribution in [0.1, 0.15) is 41.3 Å². The third-order valence-corrected chi connectivity index (χ3v) is 6.92. The molecule has 1 saturated heterocycles. The highest BCUT2D eigenvalue weighted by molar-refractivity contribution is 7.92. The molecule has 0 atom stereocenters. The molecule has 0 bridgehead atoms. The van der Waals surface area contributed by atoms with Crippen LogP contribution >= 0.6 is 0 Å². The number of anilines is 1. The number of hydrogen-bond donors (Lipinski definition) is 1. The van der Waals surface area contributed by atoms with Crippen LogP contribution in [0.5, 0.6) is 0 Å². The maximum atomic E-state index is 13.0. The molecule has 2 aromatic rings. The summed E-state index contributed by atoms with van der Waals surface area (Å²) in [5.41, 5.74) is 2.27. The lowest BCUT2D eigenvalue weighted by atomic mass is 9.96. The lowest BCUT2D eigenvalue weighted by Crippen LogP contribution is -2.40. The maximum Gasteiger partial charge on any atom is 0.309 e. The first kappa shape index (κ1) is 22.8. The van der Waals surface area contributed by atoms with E-state index in [4.69, 9.17) is 4.74 Å². The van der Waals surface area contributed by atoms with E-state index in [1.807, 2.05) is 13.0 Å². The smallest absolute Gasteiger partial charge is 0.309 e. The van der Waals surface area contributed by atoms with E-state index in [1.165, 1.54) is 6.07 Å². The lowest BCUT2D eigenvalue weighted by Gasteiger charge is -2.31. The first-order chi connectivity index (χ1) is 14.7. The predicted octanol–water partition coefficient (Wildman–Crippen LogP) is 3.52. The van der Waals surface area contributed by atoms with Crippen LogP contribution < -0.4 is 4.72 Å². The van der Waals surface area contributed by atoms with E-state index in [2.05, 4.69) is 4.72 Å². The Kier molecular flexibility index (Phi) is 7.00. The Bertz CT molecular complexity index is 1070. The Morgan fingerprint density at radius 3 is 2.45 bits per heavy atom. The summed E-state index contributed by atoms with van der Waals surface area (Å²) in [6.45, 7) is 6.56. The molecule has 0 spiro atoms. The number of aryl methyl sites for hydroxylation is 2. The fourth-order valence-corrected chi connectivity index (χ4v) is 5.02. The van der Waals surface area contributed by atoms with Crippen molar-refractivity contribution in [2.45, 2.75) is 38.5 Å². The Morgan fingerprint density at radius 2 is 1.81 bits per heavy atom. The average Bonchev–Trinajstić information content (AvgIpc) is 2.73. The number of carbonyl (C=O) groups excluding carboxylic acids is 2. The van der Waals surface area contributed by atoms with Gasteiger partial charge in [0.1, 0.15) is 0 Å². The molecular formula is C23H28N2O5S. The Morgan fingerprint density at radius 1 is 1.10 bits per heavy atom. The van der Waals surface area contributed by atoms with E-state index >= 15 is 0 Å². The number of nitrogens with zero attached hydrogens (tertiary/aromatic N) is 1. The van der Waals surface area contributed by atoms with Crippen LogP contribution in [-0.2, 0) is 19.6 Å². The molecule has 7 nitrogen and oxygen atoms in total. The Hall–Kier alpha value is -2.87. The molecular weight excluding hydrogens is 416 g/mol. The van der Waals surface area contributed by atoms with Crippen molar-refractivity contribution in [2.24, 2.45) is 5.92 Å². The van der Waals surface area contributed by atoms with Crippen LogP contribution in [0, 0.1) is 19.8 Å². The zero-order valence-corrected chi connectivity index (χ0v) is 18.9. The zero-order chi connectivity index (χ0) is 22.6. The molecule has 1 heterocycles. The van der Waals surface area contributed by atoms with Gasteiger partial charge in [-0.05, 0) is 69.0 Å². The van der Waals surface area contributed by atoms with Crippen LogP contribution in [-0.4, -0.2) is 44.9 Å². The number of amides is 1. The summed E-state index contributed by atoms with van der Waals surface area (Å²) < 4.78 is 33.6. The number of nitrogens with one attached hydrogen (secondary N) is 1. The minimum Gasteiger partial charge on any atom is -0.466 e. The van der Waals surface area contributed by atoms with Gasteiger partial charge in [-0.2, -0.15) is 0 Å². The molecule has 8 heteroatoms. The number of sulfonamides is 1. The maximum absolute atomic E-state index is 13.0. The number of ether oxygens (including phenoxy) is 1. The van der Waals surface area contributed by atoms with E-state index in [0.717, 1.165) is 5.56 Å². The molecule has 1 aliphatic rings. The lowest BCUT2D eigenvalue weighted by molar-refractivity contribution is -0.149. The van der Waals surface area contributed by atoms with Crippen molar-refractivity contribution < 1.29 is 22.7 Å². The van der Waals surface area contributed by atoms with Crippen molar-refractivity contribution in [2.75, 3.05) is 24.4 Å². The van der Waals surface area contributed by atoms with Gasteiger partial charge in [0.05, 0.1) is 17.4 Å². The van der Waals surface area contributed by atoms with Crippen LogP contribution in [0.3, 0.4) is 0 Å². The van der Waals surface area contributed by atoms with Gasteiger partial charge in [0, 0.05) is 24.3 Å². The average molecular weight is 445 g/mol. The van der Waals surface area contributed by atoms with Gasteiger partial charge in [0.15, 0.2) is 0 Å². The van der Waals surface area contributed by atoms with Crippen LogP contribution in [0.4, 0.5) is 5.69 Å². The van der Waals surface area contributed by atoms with E-state index in [-0.39, 0.29) is 22.7 Å². The monoisotopic (exact) mass is 444 g/mol. The third-order valence-electron chi connectivity index (χ3n) is 5.40. The number of benzene rings is 2. The van der Waals surface area contributed by atoms with Gasteiger partial charge in [-0.1, -0.05) is 18.2 Å². The second kappa shape index (κ2) is 9.51. The molecule has 1 fully saturated rings. The second-order valence-corrected chi connectivity index (χ2v) is 9.42. The predicted molar refractivity (Wildman–Crippen MR) is 118 cm³/mol. The van der Waals surface area contributed by atoms with Crippen molar-refractivity contribution in [3.05, 3.63) is 59.2 Å². The minimum atomic E-state index is -3.86. The fourth-order valence-electron chi connectivity index (χ4n) is 3.70. The van der Waals surface area contributed by atoms with Crippen molar-refractivity contribution in [1.29, 1.82) is 0 Å². The Balaban J connectivity index is 1.76. The molecule has 1 aliphatic heterocycles. The van der Waals surface area contributed by atoms with Crippen molar-refractivity contribution in [3.63, 3.8) is 0 Å². The topological polar surface area (TPSA) is 92.8 Å². The number of hydrogen-bond acceptors (Lipinski definition) is 5. The summed E-state index contributed by atoms with van der Waals surface area (Å²) in [5.74, 6) is -0.661. The molecule has 0 aromatic heterocycles. The van der Waals surface area contributed by atoms with Gasteiger partial charge < -0.3 is 9.64 Å². The quantitative estimate of drug-likeness (QED) is 0.688. The number of piperidine rings is 1. The van der Waals surface area contributed by atoms with Gasteiger partial charge in [-0.25, -0.2) is 8.42 Å². The van der Waals surface area contributed by atoms with Gasteiger partial charge in [0.2, 0.25) is 0 Å². The highest BCUT2D eigenvalue weighted by Gasteiger charge is 2.29. The summed E-state index contributed by atoms with van der Waals surface area (Å²) in [4.78, 5) is 26.6.